The lowest BCUT2D eigenvalue weighted by atomic mass is 10.2. The van der Waals surface area contributed by atoms with Gasteiger partial charge in [-0.15, -0.1) is 0 Å². The molecule has 3 N–H and O–H groups in total. The third-order valence-electron chi connectivity index (χ3n) is 2.26. The van der Waals surface area contributed by atoms with Crippen molar-refractivity contribution < 1.29 is 0 Å². The maximum Gasteiger partial charge on any atom is 0.153 e. The number of hydrogen-bond donors (Lipinski definition) is 2. The van der Waals surface area contributed by atoms with Crippen LogP contribution in [0.4, 0.5) is 17.2 Å². The predicted octanol–water partition coefficient (Wildman–Crippen LogP) is 4.24. The first-order valence-corrected chi connectivity index (χ1v) is 6.59. The summed E-state index contributed by atoms with van der Waals surface area (Å²) in [7, 11) is 0. The number of hydrogen-bond acceptors (Lipinski definition) is 3. The van der Waals surface area contributed by atoms with E-state index in [9.17, 15) is 0 Å². The Morgan fingerprint density at radius 2 is 2.00 bits per heavy atom. The molecule has 0 bridgehead atoms. The van der Waals surface area contributed by atoms with Crippen LogP contribution in [0.15, 0.2) is 39.4 Å². The molecule has 0 saturated heterocycles. The van der Waals surface area contributed by atoms with Gasteiger partial charge in [-0.05, 0) is 62.5 Å². The SMILES string of the molecule is Cc1ccc(Nc2ncc(Br)cc2N)c(Br)c1. The number of nitrogens with one attached hydrogen (secondary N) is 1. The molecule has 3 nitrogen and oxygen atoms in total. The highest BCUT2D eigenvalue weighted by Crippen LogP contribution is 2.29. The number of nitrogens with zero attached hydrogens (tertiary/aromatic N) is 1. The van der Waals surface area contributed by atoms with Crippen molar-refractivity contribution in [2.45, 2.75) is 6.92 Å². The van der Waals surface area contributed by atoms with Gasteiger partial charge in [-0.2, -0.15) is 0 Å². The third-order valence-corrected chi connectivity index (χ3v) is 3.35. The van der Waals surface area contributed by atoms with E-state index in [0.717, 1.165) is 14.6 Å². The number of aromatic nitrogens is 1. The van der Waals surface area contributed by atoms with E-state index in [1.807, 2.05) is 31.2 Å². The summed E-state index contributed by atoms with van der Waals surface area (Å²) >= 11 is 6.83. The minimum atomic E-state index is 0.604. The lowest BCUT2D eigenvalue weighted by molar-refractivity contribution is 1.29. The van der Waals surface area contributed by atoms with Gasteiger partial charge in [0.25, 0.3) is 0 Å². The molecule has 1 aromatic carbocycles. The molecule has 0 atom stereocenters. The molecule has 2 rings (SSSR count). The summed E-state index contributed by atoms with van der Waals surface area (Å²) in [4.78, 5) is 4.23. The van der Waals surface area contributed by atoms with Crippen molar-refractivity contribution in [2.24, 2.45) is 0 Å². The van der Waals surface area contributed by atoms with Crippen LogP contribution in [0.25, 0.3) is 0 Å². The Morgan fingerprint density at radius 3 is 2.65 bits per heavy atom. The minimum absolute atomic E-state index is 0.604. The molecular formula is C12H11Br2N3. The molecule has 0 fully saturated rings. The zero-order valence-electron chi connectivity index (χ0n) is 9.17. The Balaban J connectivity index is 2.31. The maximum atomic E-state index is 5.88. The number of halogens is 2. The summed E-state index contributed by atoms with van der Waals surface area (Å²) in [5.41, 5.74) is 8.62. The quantitative estimate of drug-likeness (QED) is 0.846. The molecule has 0 aliphatic carbocycles. The zero-order chi connectivity index (χ0) is 12.4. The fourth-order valence-electron chi connectivity index (χ4n) is 1.41. The van der Waals surface area contributed by atoms with Crippen LogP contribution in [-0.4, -0.2) is 4.98 Å². The van der Waals surface area contributed by atoms with Gasteiger partial charge in [0.1, 0.15) is 0 Å². The maximum absolute atomic E-state index is 5.88. The number of benzene rings is 1. The van der Waals surface area contributed by atoms with Crippen LogP contribution in [0, 0.1) is 6.92 Å². The second-order valence-corrected chi connectivity index (χ2v) is 5.47. The van der Waals surface area contributed by atoms with E-state index in [-0.39, 0.29) is 0 Å². The molecule has 0 unspecified atom stereocenters. The van der Waals surface area contributed by atoms with Crippen molar-refractivity contribution >= 4 is 49.1 Å². The summed E-state index contributed by atoms with van der Waals surface area (Å²) in [6, 6.07) is 7.87. The van der Waals surface area contributed by atoms with Crippen molar-refractivity contribution in [3.05, 3.63) is 45.0 Å². The third kappa shape index (κ3) is 2.98. The fraction of sp³-hybridized carbons (Fsp3) is 0.0833. The second kappa shape index (κ2) is 5.06. The van der Waals surface area contributed by atoms with Crippen LogP contribution in [0.5, 0.6) is 0 Å². The molecule has 0 radical (unpaired) electrons. The van der Waals surface area contributed by atoms with Gasteiger partial charge in [-0.1, -0.05) is 6.07 Å². The second-order valence-electron chi connectivity index (χ2n) is 3.70. The van der Waals surface area contributed by atoms with E-state index in [0.29, 0.717) is 11.5 Å². The largest absolute Gasteiger partial charge is 0.396 e. The number of rotatable bonds is 2. The number of nitrogens with two attached hydrogens (primary N) is 1. The summed E-state index contributed by atoms with van der Waals surface area (Å²) < 4.78 is 1.85. The van der Waals surface area contributed by atoms with Gasteiger partial charge in [0, 0.05) is 15.1 Å². The number of nitrogen functional groups attached to an aromatic ring is 1. The highest BCUT2D eigenvalue weighted by Gasteiger charge is 2.05. The standard InChI is InChI=1S/C12H11Br2N3/c1-7-2-3-11(9(14)4-7)17-12-10(15)5-8(13)6-16-12/h2-6H,15H2,1H3,(H,16,17). The van der Waals surface area contributed by atoms with Gasteiger partial charge >= 0.3 is 0 Å². The van der Waals surface area contributed by atoms with Crippen LogP contribution < -0.4 is 11.1 Å². The number of anilines is 3. The van der Waals surface area contributed by atoms with Gasteiger partial charge in [-0.3, -0.25) is 0 Å². The van der Waals surface area contributed by atoms with Crippen molar-refractivity contribution in [1.29, 1.82) is 0 Å². The van der Waals surface area contributed by atoms with E-state index in [4.69, 9.17) is 5.73 Å². The molecule has 5 heteroatoms. The summed E-state index contributed by atoms with van der Waals surface area (Å²) in [5.74, 6) is 0.651. The van der Waals surface area contributed by atoms with E-state index in [1.165, 1.54) is 5.56 Å². The van der Waals surface area contributed by atoms with E-state index >= 15 is 0 Å². The molecule has 0 spiro atoms. The van der Waals surface area contributed by atoms with Gasteiger partial charge in [0.15, 0.2) is 5.82 Å². The van der Waals surface area contributed by atoms with E-state index in [2.05, 4.69) is 42.2 Å². The lowest BCUT2D eigenvalue weighted by Crippen LogP contribution is -1.99. The fourth-order valence-corrected chi connectivity index (χ4v) is 2.35. The Bertz CT molecular complexity index is 506. The first-order valence-electron chi connectivity index (χ1n) is 5.00. The van der Waals surface area contributed by atoms with Crippen LogP contribution in [0.1, 0.15) is 5.56 Å². The summed E-state index contributed by atoms with van der Waals surface area (Å²) in [6.07, 6.45) is 1.71. The topological polar surface area (TPSA) is 50.9 Å². The van der Waals surface area contributed by atoms with Crippen LogP contribution in [-0.2, 0) is 0 Å². The monoisotopic (exact) mass is 355 g/mol. The van der Waals surface area contributed by atoms with Gasteiger partial charge in [0.2, 0.25) is 0 Å². The average Bonchev–Trinajstić information content (AvgIpc) is 2.25. The van der Waals surface area contributed by atoms with E-state index in [1.54, 1.807) is 6.20 Å². The molecule has 0 saturated carbocycles. The predicted molar refractivity (Wildman–Crippen MR) is 78.5 cm³/mol. The first kappa shape index (κ1) is 12.4. The summed E-state index contributed by atoms with van der Waals surface area (Å²) in [5, 5.41) is 3.19. The van der Waals surface area contributed by atoms with Crippen LogP contribution in [0.3, 0.4) is 0 Å². The highest BCUT2D eigenvalue weighted by molar-refractivity contribution is 9.10. The smallest absolute Gasteiger partial charge is 0.153 e. The Kier molecular flexibility index (Phi) is 3.69. The van der Waals surface area contributed by atoms with Crippen molar-refractivity contribution in [3.8, 4) is 0 Å². The number of aryl methyl sites for hydroxylation is 1. The van der Waals surface area contributed by atoms with Gasteiger partial charge in [-0.25, -0.2) is 4.98 Å². The lowest BCUT2D eigenvalue weighted by Gasteiger charge is -2.10. The molecule has 0 aliphatic rings. The normalized spacial score (nSPS) is 10.3. The molecular weight excluding hydrogens is 346 g/mol. The van der Waals surface area contributed by atoms with E-state index < -0.39 is 0 Å². The van der Waals surface area contributed by atoms with Crippen molar-refractivity contribution in [3.63, 3.8) is 0 Å². The van der Waals surface area contributed by atoms with Crippen molar-refractivity contribution in [1.82, 2.24) is 4.98 Å². The Labute approximate surface area is 117 Å². The molecule has 2 aromatic rings. The highest BCUT2D eigenvalue weighted by atomic mass is 79.9. The van der Waals surface area contributed by atoms with Crippen LogP contribution >= 0.6 is 31.9 Å². The number of pyridine rings is 1. The zero-order valence-corrected chi connectivity index (χ0v) is 12.3. The Hall–Kier alpha value is -1.07. The molecule has 0 aliphatic heterocycles. The minimum Gasteiger partial charge on any atom is -0.396 e. The van der Waals surface area contributed by atoms with Gasteiger partial charge < -0.3 is 11.1 Å². The van der Waals surface area contributed by atoms with Gasteiger partial charge in [0.05, 0.1) is 11.4 Å². The first-order chi connectivity index (χ1) is 8.06. The molecule has 0 amide bonds. The summed E-state index contributed by atoms with van der Waals surface area (Å²) in [6.45, 7) is 2.04. The molecule has 88 valence electrons. The van der Waals surface area contributed by atoms with Crippen molar-refractivity contribution in [2.75, 3.05) is 11.1 Å². The molecule has 1 aromatic heterocycles. The average molecular weight is 357 g/mol. The molecule has 17 heavy (non-hydrogen) atoms. The van der Waals surface area contributed by atoms with Crippen LogP contribution in [0.2, 0.25) is 0 Å². The molecule has 1 heterocycles. The Morgan fingerprint density at radius 1 is 1.24 bits per heavy atom.